The second-order valence-corrected chi connectivity index (χ2v) is 4.08. The molecular weight excluding hydrogens is 250 g/mol. The van der Waals surface area contributed by atoms with Crippen LogP contribution in [-0.2, 0) is 4.79 Å². The maximum absolute atomic E-state index is 11.6. The lowest BCUT2D eigenvalue weighted by Crippen LogP contribution is -2.42. The largest absolute Gasteiger partial charge is 0.473 e. The summed E-state index contributed by atoms with van der Waals surface area (Å²) in [5.74, 6) is 4.68. The van der Waals surface area contributed by atoms with Crippen LogP contribution in [0.3, 0.4) is 0 Å². The van der Waals surface area contributed by atoms with Crippen molar-refractivity contribution >= 4 is 11.6 Å². The average Bonchev–Trinajstić information content (AvgIpc) is 2.38. The molecule has 0 spiro atoms. The molecule has 0 aliphatic carbocycles. The molecule has 0 aliphatic heterocycles. The number of nitro benzene ring substituents is 1. The first-order chi connectivity index (χ1) is 9.01. The molecule has 7 heteroatoms. The highest BCUT2D eigenvalue weighted by atomic mass is 16.6. The zero-order chi connectivity index (χ0) is 14.4. The molecule has 0 aliphatic rings. The molecule has 19 heavy (non-hydrogen) atoms. The van der Waals surface area contributed by atoms with Gasteiger partial charge < -0.3 is 4.74 Å². The van der Waals surface area contributed by atoms with Crippen LogP contribution >= 0.6 is 0 Å². The molecule has 0 heterocycles. The van der Waals surface area contributed by atoms with E-state index in [1.54, 1.807) is 19.1 Å². The van der Waals surface area contributed by atoms with Crippen molar-refractivity contribution in [3.8, 4) is 5.75 Å². The zero-order valence-corrected chi connectivity index (χ0v) is 10.9. The van der Waals surface area contributed by atoms with Gasteiger partial charge in [-0.1, -0.05) is 25.5 Å². The van der Waals surface area contributed by atoms with Gasteiger partial charge >= 0.3 is 5.69 Å². The zero-order valence-electron chi connectivity index (χ0n) is 10.9. The minimum absolute atomic E-state index is 0.106. The maximum Gasteiger partial charge on any atom is 0.311 e. The van der Waals surface area contributed by atoms with E-state index in [1.807, 2.05) is 12.3 Å². The Morgan fingerprint density at radius 2 is 2.26 bits per heavy atom. The van der Waals surface area contributed by atoms with Gasteiger partial charge in [-0.15, -0.1) is 0 Å². The van der Waals surface area contributed by atoms with Gasteiger partial charge in [0.1, 0.15) is 0 Å². The van der Waals surface area contributed by atoms with E-state index in [2.05, 4.69) is 0 Å². The van der Waals surface area contributed by atoms with Crippen molar-refractivity contribution in [2.45, 2.75) is 32.8 Å². The fourth-order valence-corrected chi connectivity index (χ4v) is 1.68. The van der Waals surface area contributed by atoms with Crippen molar-refractivity contribution in [1.82, 2.24) is 5.43 Å². The number of carbonyl (C=O) groups excluding carboxylic acids is 1. The Hall–Kier alpha value is -2.15. The van der Waals surface area contributed by atoms with Crippen LogP contribution in [0.5, 0.6) is 5.75 Å². The van der Waals surface area contributed by atoms with E-state index in [0.29, 0.717) is 18.4 Å². The molecule has 0 radical (unpaired) electrons. The van der Waals surface area contributed by atoms with Gasteiger partial charge in [0.05, 0.1) is 4.92 Å². The van der Waals surface area contributed by atoms with Gasteiger partial charge in [0.25, 0.3) is 5.91 Å². The highest BCUT2D eigenvalue weighted by molar-refractivity contribution is 5.80. The van der Waals surface area contributed by atoms with Gasteiger partial charge in [-0.25, -0.2) is 5.84 Å². The summed E-state index contributed by atoms with van der Waals surface area (Å²) in [4.78, 5) is 22.0. The topological polar surface area (TPSA) is 107 Å². The molecule has 1 unspecified atom stereocenters. The van der Waals surface area contributed by atoms with Crippen LogP contribution in [0.15, 0.2) is 18.2 Å². The molecule has 0 bridgehead atoms. The van der Waals surface area contributed by atoms with E-state index in [-0.39, 0.29) is 11.4 Å². The van der Waals surface area contributed by atoms with Crippen molar-refractivity contribution in [2.24, 2.45) is 5.84 Å². The lowest BCUT2D eigenvalue weighted by molar-refractivity contribution is -0.386. The van der Waals surface area contributed by atoms with E-state index >= 15 is 0 Å². The van der Waals surface area contributed by atoms with Crippen LogP contribution in [0.25, 0.3) is 0 Å². The first-order valence-corrected chi connectivity index (χ1v) is 5.92. The molecule has 1 atom stereocenters. The number of hydrogen-bond donors (Lipinski definition) is 2. The summed E-state index contributed by atoms with van der Waals surface area (Å²) in [5, 5.41) is 11.0. The summed E-state index contributed by atoms with van der Waals surface area (Å²) >= 11 is 0. The van der Waals surface area contributed by atoms with Crippen molar-refractivity contribution in [1.29, 1.82) is 0 Å². The minimum Gasteiger partial charge on any atom is -0.473 e. The second kappa shape index (κ2) is 6.69. The fraction of sp³-hybridized carbons (Fsp3) is 0.417. The number of hydrogen-bond acceptors (Lipinski definition) is 5. The van der Waals surface area contributed by atoms with Crippen LogP contribution < -0.4 is 16.0 Å². The Balaban J connectivity index is 3.08. The van der Waals surface area contributed by atoms with Crippen molar-refractivity contribution in [2.75, 3.05) is 0 Å². The number of aryl methyl sites for hydroxylation is 1. The second-order valence-electron chi connectivity index (χ2n) is 4.08. The Kier molecular flexibility index (Phi) is 5.25. The van der Waals surface area contributed by atoms with Crippen LogP contribution in [0.4, 0.5) is 5.69 Å². The predicted octanol–water partition coefficient (Wildman–Crippen LogP) is 1.44. The maximum atomic E-state index is 11.6. The quantitative estimate of drug-likeness (QED) is 0.351. The number of ether oxygens (including phenoxy) is 1. The molecule has 1 amide bonds. The van der Waals surface area contributed by atoms with Crippen LogP contribution in [0.1, 0.15) is 25.3 Å². The third-order valence-electron chi connectivity index (χ3n) is 2.63. The molecule has 3 N–H and O–H groups in total. The number of rotatable bonds is 6. The van der Waals surface area contributed by atoms with Crippen LogP contribution in [0, 0.1) is 17.0 Å². The van der Waals surface area contributed by atoms with E-state index < -0.39 is 16.9 Å². The van der Waals surface area contributed by atoms with Crippen molar-refractivity contribution in [3.05, 3.63) is 33.9 Å². The molecule has 1 aromatic rings. The number of carbonyl (C=O) groups is 1. The van der Waals surface area contributed by atoms with E-state index in [9.17, 15) is 14.9 Å². The van der Waals surface area contributed by atoms with Gasteiger partial charge in [-0.2, -0.15) is 0 Å². The molecule has 7 nitrogen and oxygen atoms in total. The number of para-hydroxylation sites is 1. The molecular formula is C12H17N3O4. The van der Waals surface area contributed by atoms with Gasteiger partial charge in [-0.3, -0.25) is 20.3 Å². The first-order valence-electron chi connectivity index (χ1n) is 5.92. The number of hydrazine groups is 1. The lowest BCUT2D eigenvalue weighted by Gasteiger charge is -2.18. The lowest BCUT2D eigenvalue weighted by atomic mass is 10.1. The smallest absolute Gasteiger partial charge is 0.311 e. The predicted molar refractivity (Wildman–Crippen MR) is 69.5 cm³/mol. The summed E-state index contributed by atoms with van der Waals surface area (Å²) in [6.07, 6.45) is 0.279. The molecule has 1 aromatic carbocycles. The van der Waals surface area contributed by atoms with Gasteiger partial charge in [0.15, 0.2) is 6.10 Å². The third kappa shape index (κ3) is 3.65. The summed E-state index contributed by atoms with van der Waals surface area (Å²) in [6.45, 7) is 3.57. The van der Waals surface area contributed by atoms with Gasteiger partial charge in [0.2, 0.25) is 5.75 Å². The van der Waals surface area contributed by atoms with Crippen LogP contribution in [0.2, 0.25) is 0 Å². The fourth-order valence-electron chi connectivity index (χ4n) is 1.68. The molecule has 0 saturated heterocycles. The number of nitrogens with two attached hydrogens (primary N) is 1. The normalized spacial score (nSPS) is 11.7. The van der Waals surface area contributed by atoms with Crippen LogP contribution in [-0.4, -0.2) is 16.9 Å². The summed E-state index contributed by atoms with van der Waals surface area (Å²) in [6, 6.07) is 4.59. The van der Waals surface area contributed by atoms with Gasteiger partial charge in [-0.05, 0) is 18.9 Å². The van der Waals surface area contributed by atoms with E-state index in [1.165, 1.54) is 6.07 Å². The molecule has 1 rings (SSSR count). The Morgan fingerprint density at radius 3 is 2.79 bits per heavy atom. The van der Waals surface area contributed by atoms with Crippen molar-refractivity contribution < 1.29 is 14.5 Å². The van der Waals surface area contributed by atoms with E-state index in [0.717, 1.165) is 0 Å². The minimum atomic E-state index is -0.838. The standard InChI is InChI=1S/C12H17N3O4/c1-3-5-10(12(16)14-13)19-11-8(2)6-4-7-9(11)15(17)18/h4,6-7,10H,3,5,13H2,1-2H3,(H,14,16). The third-order valence-corrected chi connectivity index (χ3v) is 2.63. The summed E-state index contributed by atoms with van der Waals surface area (Å²) in [7, 11) is 0. The molecule has 104 valence electrons. The highest BCUT2D eigenvalue weighted by Gasteiger charge is 2.24. The summed E-state index contributed by atoms with van der Waals surface area (Å²) < 4.78 is 5.50. The van der Waals surface area contributed by atoms with Crippen molar-refractivity contribution in [3.63, 3.8) is 0 Å². The Labute approximate surface area is 110 Å². The monoisotopic (exact) mass is 267 g/mol. The Morgan fingerprint density at radius 1 is 1.58 bits per heavy atom. The van der Waals surface area contributed by atoms with Gasteiger partial charge in [0, 0.05) is 6.07 Å². The number of nitrogens with one attached hydrogen (secondary N) is 1. The summed E-state index contributed by atoms with van der Waals surface area (Å²) in [5.41, 5.74) is 2.44. The van der Waals surface area contributed by atoms with E-state index in [4.69, 9.17) is 10.6 Å². The number of nitrogens with zero attached hydrogens (tertiary/aromatic N) is 1. The average molecular weight is 267 g/mol. The number of amides is 1. The molecule has 0 fully saturated rings. The molecule has 0 saturated carbocycles. The molecule has 0 aromatic heterocycles. The highest BCUT2D eigenvalue weighted by Crippen LogP contribution is 2.31. The number of benzene rings is 1. The first kappa shape index (κ1) is 14.9. The number of nitro groups is 1. The SMILES string of the molecule is CCCC(Oc1c(C)cccc1[N+](=O)[O-])C(=O)NN. The Bertz CT molecular complexity index is 476.